The van der Waals surface area contributed by atoms with Crippen LogP contribution in [0, 0.1) is 0 Å². The van der Waals surface area contributed by atoms with Crippen LogP contribution in [0.5, 0.6) is 0 Å². The van der Waals surface area contributed by atoms with Crippen LogP contribution in [0.2, 0.25) is 0 Å². The minimum absolute atomic E-state index is 0.997. The van der Waals surface area contributed by atoms with Gasteiger partial charge in [-0.25, -0.2) is 9.97 Å². The Hall–Kier alpha value is -0.700. The molecule has 0 saturated heterocycles. The zero-order chi connectivity index (χ0) is 7.94. The number of hydrogen-bond acceptors (Lipinski definition) is 2. The molecule has 0 N–H and O–H groups in total. The number of allylic oxidation sites excluding steroid dienone is 1. The van der Waals surface area contributed by atoms with Crippen molar-refractivity contribution < 1.29 is 0 Å². The minimum Gasteiger partial charge on any atom is -0.244 e. The first kappa shape index (κ1) is 8.40. The van der Waals surface area contributed by atoms with E-state index in [9.17, 15) is 0 Å². The fourth-order valence-corrected chi connectivity index (χ4v) is 0.943. The van der Waals surface area contributed by atoms with Crippen LogP contribution in [-0.2, 0) is 0 Å². The maximum Gasteiger partial charge on any atom is 0.115 e. The van der Waals surface area contributed by atoms with E-state index in [1.54, 1.807) is 12.4 Å². The van der Waals surface area contributed by atoms with Crippen LogP contribution in [0.25, 0.3) is 6.08 Å². The number of nitrogens with zero attached hydrogens (tertiary/aromatic N) is 2. The van der Waals surface area contributed by atoms with Gasteiger partial charge < -0.3 is 0 Å². The van der Waals surface area contributed by atoms with Gasteiger partial charge in [-0.2, -0.15) is 0 Å². The van der Waals surface area contributed by atoms with Gasteiger partial charge in [0.05, 0.1) is 0 Å². The molecule has 58 valence electrons. The number of hydrogen-bond donors (Lipinski definition) is 0. The Morgan fingerprint density at radius 1 is 1.36 bits per heavy atom. The lowest BCUT2D eigenvalue weighted by Crippen LogP contribution is -1.77. The van der Waals surface area contributed by atoms with Gasteiger partial charge in [0.2, 0.25) is 0 Å². The molecular formula is C8H9BrN2. The van der Waals surface area contributed by atoms with Crippen LogP contribution >= 0.6 is 15.9 Å². The molecule has 0 aromatic carbocycles. The summed E-state index contributed by atoms with van der Waals surface area (Å²) in [6.07, 6.45) is 10.3. The van der Waals surface area contributed by atoms with Crippen molar-refractivity contribution in [1.29, 1.82) is 0 Å². The summed E-state index contributed by atoms with van der Waals surface area (Å²) in [7, 11) is 0. The van der Waals surface area contributed by atoms with Gasteiger partial charge >= 0.3 is 0 Å². The Balaban J connectivity index is 2.50. The summed E-state index contributed by atoms with van der Waals surface area (Å²) in [6, 6.07) is 0. The standard InChI is InChI=1S/C8H9BrN2/c9-4-2-1-3-8-5-10-7-11-6-8/h1,3,5-7H,2,4H2. The molecule has 1 aromatic heterocycles. The Kier molecular flexibility index (Phi) is 3.83. The first-order chi connectivity index (χ1) is 5.43. The van der Waals surface area contributed by atoms with E-state index < -0.39 is 0 Å². The van der Waals surface area contributed by atoms with Gasteiger partial charge in [0.1, 0.15) is 6.33 Å². The largest absolute Gasteiger partial charge is 0.244 e. The molecule has 0 amide bonds. The zero-order valence-electron chi connectivity index (χ0n) is 6.07. The third-order valence-electron chi connectivity index (χ3n) is 1.17. The lowest BCUT2D eigenvalue weighted by atomic mass is 10.3. The van der Waals surface area contributed by atoms with Crippen molar-refractivity contribution in [2.75, 3.05) is 5.33 Å². The third-order valence-corrected chi connectivity index (χ3v) is 1.62. The summed E-state index contributed by atoms with van der Waals surface area (Å²) < 4.78 is 0. The maximum absolute atomic E-state index is 3.89. The molecule has 1 rings (SSSR count). The van der Waals surface area contributed by atoms with E-state index in [-0.39, 0.29) is 0 Å². The average Bonchev–Trinajstić information content (AvgIpc) is 2.07. The van der Waals surface area contributed by atoms with Gasteiger partial charge in [0, 0.05) is 23.3 Å². The third kappa shape index (κ3) is 3.28. The Labute approximate surface area is 74.5 Å². The summed E-state index contributed by atoms with van der Waals surface area (Å²) in [5, 5.41) is 0.997. The molecule has 0 atom stereocenters. The van der Waals surface area contributed by atoms with E-state index in [0.717, 1.165) is 17.3 Å². The van der Waals surface area contributed by atoms with Crippen LogP contribution < -0.4 is 0 Å². The van der Waals surface area contributed by atoms with Crippen molar-refractivity contribution in [2.24, 2.45) is 0 Å². The second-order valence-corrected chi connectivity index (χ2v) is 2.84. The second kappa shape index (κ2) is 5.02. The highest BCUT2D eigenvalue weighted by Crippen LogP contribution is 1.98. The van der Waals surface area contributed by atoms with Crippen molar-refractivity contribution >= 4 is 22.0 Å². The number of alkyl halides is 1. The van der Waals surface area contributed by atoms with Crippen LogP contribution in [0.15, 0.2) is 24.8 Å². The molecule has 0 spiro atoms. The van der Waals surface area contributed by atoms with Crippen LogP contribution in [0.4, 0.5) is 0 Å². The predicted molar refractivity (Wildman–Crippen MR) is 49.5 cm³/mol. The molecule has 3 heteroatoms. The molecular weight excluding hydrogens is 204 g/mol. The highest BCUT2D eigenvalue weighted by atomic mass is 79.9. The Morgan fingerprint density at radius 2 is 2.09 bits per heavy atom. The lowest BCUT2D eigenvalue weighted by Gasteiger charge is -1.88. The highest BCUT2D eigenvalue weighted by Gasteiger charge is 1.82. The number of rotatable bonds is 3. The first-order valence-electron chi connectivity index (χ1n) is 3.41. The van der Waals surface area contributed by atoms with E-state index in [1.807, 2.05) is 6.08 Å². The molecule has 0 aliphatic rings. The van der Waals surface area contributed by atoms with E-state index in [0.29, 0.717) is 0 Å². The highest BCUT2D eigenvalue weighted by molar-refractivity contribution is 9.09. The number of aromatic nitrogens is 2. The smallest absolute Gasteiger partial charge is 0.115 e. The van der Waals surface area contributed by atoms with Crippen LogP contribution in [0.1, 0.15) is 12.0 Å². The SMILES string of the molecule is BrCCC=Cc1cncnc1. The molecule has 1 heterocycles. The van der Waals surface area contributed by atoms with Gasteiger partial charge in [0.25, 0.3) is 0 Å². The monoisotopic (exact) mass is 212 g/mol. The second-order valence-electron chi connectivity index (χ2n) is 2.05. The van der Waals surface area contributed by atoms with Crippen LogP contribution in [0.3, 0.4) is 0 Å². The molecule has 0 aliphatic heterocycles. The fourth-order valence-electron chi connectivity index (χ4n) is 0.679. The topological polar surface area (TPSA) is 25.8 Å². The molecule has 2 nitrogen and oxygen atoms in total. The van der Waals surface area contributed by atoms with Crippen molar-refractivity contribution in [1.82, 2.24) is 9.97 Å². The summed E-state index contributed by atoms with van der Waals surface area (Å²) >= 11 is 3.34. The average molecular weight is 213 g/mol. The summed E-state index contributed by atoms with van der Waals surface area (Å²) in [5.74, 6) is 0. The molecule has 0 bridgehead atoms. The van der Waals surface area contributed by atoms with E-state index in [1.165, 1.54) is 6.33 Å². The first-order valence-corrected chi connectivity index (χ1v) is 4.53. The van der Waals surface area contributed by atoms with E-state index in [4.69, 9.17) is 0 Å². The molecule has 0 unspecified atom stereocenters. The maximum atomic E-state index is 3.89. The molecule has 11 heavy (non-hydrogen) atoms. The van der Waals surface area contributed by atoms with Crippen LogP contribution in [-0.4, -0.2) is 15.3 Å². The predicted octanol–water partition coefficient (Wildman–Crippen LogP) is 2.27. The van der Waals surface area contributed by atoms with Crippen molar-refractivity contribution in [3.8, 4) is 0 Å². The normalized spacial score (nSPS) is 10.6. The van der Waals surface area contributed by atoms with Gasteiger partial charge in [-0.15, -0.1) is 0 Å². The van der Waals surface area contributed by atoms with E-state index >= 15 is 0 Å². The van der Waals surface area contributed by atoms with Gasteiger partial charge in [-0.05, 0) is 6.42 Å². The minimum atomic E-state index is 0.997. The van der Waals surface area contributed by atoms with E-state index in [2.05, 4.69) is 32.0 Å². The van der Waals surface area contributed by atoms with Gasteiger partial charge in [-0.1, -0.05) is 28.1 Å². The summed E-state index contributed by atoms with van der Waals surface area (Å²) in [4.78, 5) is 7.78. The quantitative estimate of drug-likeness (QED) is 0.719. The zero-order valence-corrected chi connectivity index (χ0v) is 7.66. The Bertz CT molecular complexity index is 221. The number of halogens is 1. The summed E-state index contributed by atoms with van der Waals surface area (Å²) in [6.45, 7) is 0. The molecule has 0 fully saturated rings. The van der Waals surface area contributed by atoms with Crippen molar-refractivity contribution in [3.05, 3.63) is 30.4 Å². The van der Waals surface area contributed by atoms with Crippen molar-refractivity contribution in [3.63, 3.8) is 0 Å². The molecule has 1 aromatic rings. The Morgan fingerprint density at radius 3 is 2.73 bits per heavy atom. The molecule has 0 radical (unpaired) electrons. The van der Waals surface area contributed by atoms with Gasteiger partial charge in [-0.3, -0.25) is 0 Å². The summed E-state index contributed by atoms with van der Waals surface area (Å²) in [5.41, 5.74) is 1.05. The van der Waals surface area contributed by atoms with Gasteiger partial charge in [0.15, 0.2) is 0 Å². The molecule has 0 saturated carbocycles. The lowest BCUT2D eigenvalue weighted by molar-refractivity contribution is 1.16. The fraction of sp³-hybridized carbons (Fsp3) is 0.250. The molecule has 0 aliphatic carbocycles. The van der Waals surface area contributed by atoms with Crippen molar-refractivity contribution in [2.45, 2.75) is 6.42 Å².